The minimum atomic E-state index is -3.66. The largest absolute Gasteiger partial charge is 0.444 e. The molecule has 1 heterocycles. The van der Waals surface area contributed by atoms with Crippen LogP contribution in [0.4, 0.5) is 9.18 Å². The molecule has 6 nitrogen and oxygen atoms in total. The van der Waals surface area contributed by atoms with E-state index >= 15 is 0 Å². The number of amides is 1. The van der Waals surface area contributed by atoms with Gasteiger partial charge in [-0.05, 0) is 58.7 Å². The van der Waals surface area contributed by atoms with E-state index in [0.29, 0.717) is 17.3 Å². The zero-order chi connectivity index (χ0) is 20.3. The molecule has 1 atom stereocenters. The Balaban J connectivity index is 2.06. The fourth-order valence-electron chi connectivity index (χ4n) is 3.29. The molecule has 1 saturated carbocycles. The van der Waals surface area contributed by atoms with Crippen molar-refractivity contribution < 1.29 is 22.3 Å². The van der Waals surface area contributed by atoms with Gasteiger partial charge >= 0.3 is 6.09 Å². The lowest BCUT2D eigenvalue weighted by Gasteiger charge is -2.35. The normalized spacial score (nSPS) is 25.6. The van der Waals surface area contributed by atoms with Gasteiger partial charge in [0, 0.05) is 10.0 Å². The number of carbonyl (C=O) groups is 1. The fraction of sp³-hybridized carbons (Fsp3) is 0.556. The molecule has 148 valence electrons. The topological polar surface area (TPSA) is 84.8 Å². The minimum Gasteiger partial charge on any atom is -0.444 e. The lowest BCUT2D eigenvalue weighted by atomic mass is 9.93. The molecule has 1 spiro atoms. The number of sulfone groups is 1. The highest BCUT2D eigenvalue weighted by atomic mass is 79.9. The predicted molar refractivity (Wildman–Crippen MR) is 104 cm³/mol. The Morgan fingerprint density at radius 2 is 1.96 bits per heavy atom. The SMILES string of the molecule is CC(C)(C)OC(=O)NC1=N[C@](C)(c2cc(Br)ccc2F)CS(=O)(=O)C12CC2. The van der Waals surface area contributed by atoms with Crippen molar-refractivity contribution >= 4 is 37.7 Å². The Morgan fingerprint density at radius 3 is 2.52 bits per heavy atom. The second kappa shape index (κ2) is 6.27. The van der Waals surface area contributed by atoms with Gasteiger partial charge in [0.1, 0.15) is 27.5 Å². The molecule has 1 amide bonds. The molecule has 2 aliphatic rings. The number of halogens is 2. The average Bonchev–Trinajstić information content (AvgIpc) is 3.27. The Kier molecular flexibility index (Phi) is 4.70. The molecule has 1 N–H and O–H groups in total. The molecular formula is C18H22BrFN2O4S. The number of hydrogen-bond acceptors (Lipinski definition) is 5. The zero-order valence-corrected chi connectivity index (χ0v) is 18.0. The third kappa shape index (κ3) is 3.76. The van der Waals surface area contributed by atoms with Crippen LogP contribution in [0.25, 0.3) is 0 Å². The molecule has 0 radical (unpaired) electrons. The highest BCUT2D eigenvalue weighted by Gasteiger charge is 2.63. The Bertz CT molecular complexity index is 935. The van der Waals surface area contributed by atoms with E-state index in [9.17, 15) is 17.6 Å². The number of hydrogen-bond donors (Lipinski definition) is 1. The first-order valence-corrected chi connectivity index (χ1v) is 11.0. The molecule has 1 aliphatic heterocycles. The monoisotopic (exact) mass is 460 g/mol. The summed E-state index contributed by atoms with van der Waals surface area (Å²) in [7, 11) is -3.66. The van der Waals surface area contributed by atoms with E-state index in [1.807, 2.05) is 0 Å². The number of amidine groups is 1. The second-order valence-corrected chi connectivity index (χ2v) is 11.5. The van der Waals surface area contributed by atoms with Crippen LogP contribution in [0.1, 0.15) is 46.1 Å². The van der Waals surface area contributed by atoms with Crippen LogP contribution in [0.15, 0.2) is 27.7 Å². The van der Waals surface area contributed by atoms with Gasteiger partial charge in [0.25, 0.3) is 0 Å². The Hall–Kier alpha value is -1.48. The molecule has 27 heavy (non-hydrogen) atoms. The van der Waals surface area contributed by atoms with E-state index < -0.39 is 37.6 Å². The number of nitrogens with one attached hydrogen (secondary N) is 1. The molecular weight excluding hydrogens is 439 g/mol. The van der Waals surface area contributed by atoms with Gasteiger partial charge in [-0.2, -0.15) is 0 Å². The van der Waals surface area contributed by atoms with Crippen LogP contribution < -0.4 is 5.32 Å². The van der Waals surface area contributed by atoms with Crippen LogP contribution in [-0.2, 0) is 20.1 Å². The van der Waals surface area contributed by atoms with Gasteiger partial charge in [0.2, 0.25) is 0 Å². The van der Waals surface area contributed by atoms with Crippen LogP contribution in [0.5, 0.6) is 0 Å². The number of ether oxygens (including phenoxy) is 1. The summed E-state index contributed by atoms with van der Waals surface area (Å²) < 4.78 is 45.2. The number of alkyl carbamates (subject to hydrolysis) is 1. The van der Waals surface area contributed by atoms with Gasteiger partial charge in [0.05, 0.1) is 5.75 Å². The maximum Gasteiger partial charge on any atom is 0.413 e. The number of aliphatic imine (C=N–C) groups is 1. The molecule has 0 unspecified atom stereocenters. The van der Waals surface area contributed by atoms with E-state index in [4.69, 9.17) is 4.74 Å². The van der Waals surface area contributed by atoms with E-state index in [-0.39, 0.29) is 17.2 Å². The summed E-state index contributed by atoms with van der Waals surface area (Å²) in [6.45, 7) is 6.68. The smallest absolute Gasteiger partial charge is 0.413 e. The summed E-state index contributed by atoms with van der Waals surface area (Å²) in [5, 5.41) is 2.52. The van der Waals surface area contributed by atoms with Crippen molar-refractivity contribution in [1.82, 2.24) is 5.32 Å². The lowest BCUT2D eigenvalue weighted by molar-refractivity contribution is 0.0561. The average molecular weight is 461 g/mol. The fourth-order valence-corrected chi connectivity index (χ4v) is 6.00. The summed E-state index contributed by atoms with van der Waals surface area (Å²) in [6.07, 6.45) is -0.0242. The quantitative estimate of drug-likeness (QED) is 0.692. The molecule has 1 aromatic rings. The maximum absolute atomic E-state index is 14.5. The van der Waals surface area contributed by atoms with Gasteiger partial charge in [-0.15, -0.1) is 0 Å². The van der Waals surface area contributed by atoms with Crippen LogP contribution in [0.2, 0.25) is 0 Å². The predicted octanol–water partition coefficient (Wildman–Crippen LogP) is 3.69. The third-order valence-corrected chi connectivity index (χ3v) is 7.92. The van der Waals surface area contributed by atoms with Gasteiger partial charge in [0.15, 0.2) is 9.84 Å². The lowest BCUT2D eigenvalue weighted by Crippen LogP contribution is -2.54. The van der Waals surface area contributed by atoms with E-state index in [1.54, 1.807) is 27.7 Å². The summed E-state index contributed by atoms with van der Waals surface area (Å²) in [6, 6.07) is 4.31. The van der Waals surface area contributed by atoms with Crippen LogP contribution in [-0.4, -0.2) is 36.4 Å². The highest BCUT2D eigenvalue weighted by molar-refractivity contribution is 9.10. The Morgan fingerprint density at radius 1 is 1.33 bits per heavy atom. The number of carbonyl (C=O) groups excluding carboxylic acids is 1. The van der Waals surface area contributed by atoms with Crippen LogP contribution >= 0.6 is 15.9 Å². The first-order chi connectivity index (χ1) is 12.3. The molecule has 0 bridgehead atoms. The molecule has 1 aliphatic carbocycles. The van der Waals surface area contributed by atoms with Crippen molar-refractivity contribution in [1.29, 1.82) is 0 Å². The van der Waals surface area contributed by atoms with Crippen molar-refractivity contribution in [2.75, 3.05) is 5.75 Å². The molecule has 1 fully saturated rings. The Labute approximate surface area is 166 Å². The number of nitrogens with zero attached hydrogens (tertiary/aromatic N) is 1. The molecule has 1 aromatic carbocycles. The van der Waals surface area contributed by atoms with E-state index in [1.165, 1.54) is 18.2 Å². The van der Waals surface area contributed by atoms with E-state index in [0.717, 1.165) is 0 Å². The summed E-state index contributed by atoms with van der Waals surface area (Å²) >= 11 is 3.28. The van der Waals surface area contributed by atoms with Crippen molar-refractivity contribution in [3.05, 3.63) is 34.1 Å². The van der Waals surface area contributed by atoms with Crippen molar-refractivity contribution in [2.24, 2.45) is 4.99 Å². The molecule has 9 heteroatoms. The maximum atomic E-state index is 14.5. The van der Waals surface area contributed by atoms with Gasteiger partial charge in [-0.1, -0.05) is 15.9 Å². The van der Waals surface area contributed by atoms with Gasteiger partial charge in [-0.25, -0.2) is 17.6 Å². The standard InChI is InChI=1S/C18H22BrFN2O4S/c1-16(2,3)26-15(23)21-14-18(7-8-18)27(24,25)10-17(4,22-14)12-9-11(19)5-6-13(12)20/h5-6,9H,7-8,10H2,1-4H3,(H,21,22,23)/t17-/m0/s1. The number of benzene rings is 1. The second-order valence-electron chi connectivity index (χ2n) is 8.24. The summed E-state index contributed by atoms with van der Waals surface area (Å²) in [4.78, 5) is 16.8. The highest BCUT2D eigenvalue weighted by Crippen LogP contribution is 2.51. The van der Waals surface area contributed by atoms with Crippen LogP contribution in [0.3, 0.4) is 0 Å². The van der Waals surface area contributed by atoms with Gasteiger partial charge < -0.3 is 4.74 Å². The van der Waals surface area contributed by atoms with Crippen LogP contribution in [0, 0.1) is 5.82 Å². The van der Waals surface area contributed by atoms with Crippen molar-refractivity contribution in [3.63, 3.8) is 0 Å². The first-order valence-electron chi connectivity index (χ1n) is 8.56. The zero-order valence-electron chi connectivity index (χ0n) is 15.6. The van der Waals surface area contributed by atoms with Crippen molar-refractivity contribution in [2.45, 2.75) is 56.4 Å². The van der Waals surface area contributed by atoms with Crippen molar-refractivity contribution in [3.8, 4) is 0 Å². The summed E-state index contributed by atoms with van der Waals surface area (Å²) in [5.41, 5.74) is -1.95. The molecule has 0 aromatic heterocycles. The van der Waals surface area contributed by atoms with E-state index in [2.05, 4.69) is 26.2 Å². The number of rotatable bonds is 1. The minimum absolute atomic E-state index is 0.0323. The molecule has 0 saturated heterocycles. The third-order valence-electron chi connectivity index (χ3n) is 4.69. The molecule has 3 rings (SSSR count). The first kappa shape index (κ1) is 20.3. The van der Waals surface area contributed by atoms with Gasteiger partial charge in [-0.3, -0.25) is 10.3 Å². The summed E-state index contributed by atoms with van der Waals surface area (Å²) in [5.74, 6) is -0.847.